The molecular formula is C16H14ClNO4S. The summed E-state index contributed by atoms with van der Waals surface area (Å²) < 4.78 is 5.23. The van der Waals surface area contributed by atoms with Crippen LogP contribution in [0.2, 0.25) is 5.02 Å². The highest BCUT2D eigenvalue weighted by molar-refractivity contribution is 7.99. The molecule has 7 heteroatoms. The standard InChI is InChI=1S/C16H14ClNO4S/c1-11(19)22-15(13-9-5-6-10-14(13)17)16(18(20)21)23-12-7-3-2-4-8-12/h2-10,15-16H,1H3/t15-,16-/m1/s1. The fraction of sp³-hybridized carbons (Fsp3) is 0.188. The fourth-order valence-electron chi connectivity index (χ4n) is 2.01. The Morgan fingerprint density at radius 3 is 2.35 bits per heavy atom. The van der Waals surface area contributed by atoms with Gasteiger partial charge < -0.3 is 4.74 Å². The first kappa shape index (κ1) is 17.3. The Morgan fingerprint density at radius 2 is 1.78 bits per heavy atom. The highest BCUT2D eigenvalue weighted by Gasteiger charge is 2.37. The Hall–Kier alpha value is -2.05. The third-order valence-corrected chi connectivity index (χ3v) is 4.52. The molecule has 0 saturated heterocycles. The summed E-state index contributed by atoms with van der Waals surface area (Å²) >= 11 is 7.15. The lowest BCUT2D eigenvalue weighted by Crippen LogP contribution is -2.28. The smallest absolute Gasteiger partial charge is 0.303 e. The van der Waals surface area contributed by atoms with E-state index in [1.165, 1.54) is 6.92 Å². The number of benzene rings is 2. The molecule has 0 aliphatic carbocycles. The van der Waals surface area contributed by atoms with Crippen LogP contribution >= 0.6 is 23.4 Å². The molecule has 2 aromatic rings. The largest absolute Gasteiger partial charge is 0.449 e. The maximum Gasteiger partial charge on any atom is 0.303 e. The van der Waals surface area contributed by atoms with Gasteiger partial charge in [-0.1, -0.05) is 48.0 Å². The maximum absolute atomic E-state index is 11.6. The Kier molecular flexibility index (Phi) is 6.01. The van der Waals surface area contributed by atoms with E-state index < -0.39 is 22.4 Å². The van der Waals surface area contributed by atoms with Crippen LogP contribution in [0, 0.1) is 10.1 Å². The van der Waals surface area contributed by atoms with Crippen LogP contribution in [0.15, 0.2) is 59.5 Å². The molecule has 2 rings (SSSR count). The number of hydrogen-bond donors (Lipinski definition) is 0. The van der Waals surface area contributed by atoms with Crippen molar-refractivity contribution in [3.63, 3.8) is 0 Å². The van der Waals surface area contributed by atoms with Gasteiger partial charge in [0.1, 0.15) is 0 Å². The van der Waals surface area contributed by atoms with Crippen molar-refractivity contribution >= 4 is 29.3 Å². The molecule has 0 N–H and O–H groups in total. The maximum atomic E-state index is 11.6. The van der Waals surface area contributed by atoms with Gasteiger partial charge >= 0.3 is 11.3 Å². The van der Waals surface area contributed by atoms with Gasteiger partial charge in [0, 0.05) is 27.3 Å². The zero-order valence-electron chi connectivity index (χ0n) is 12.2. The molecular weight excluding hydrogens is 338 g/mol. The summed E-state index contributed by atoms with van der Waals surface area (Å²) in [5.41, 5.74) is 0.412. The molecule has 0 spiro atoms. The first-order chi connectivity index (χ1) is 11.0. The third-order valence-electron chi connectivity index (χ3n) is 2.97. The second kappa shape index (κ2) is 7.99. The van der Waals surface area contributed by atoms with E-state index in [9.17, 15) is 14.9 Å². The molecule has 0 radical (unpaired) electrons. The average molecular weight is 352 g/mol. The van der Waals surface area contributed by atoms with Gasteiger partial charge in [0.2, 0.25) is 6.10 Å². The Morgan fingerprint density at radius 1 is 1.17 bits per heavy atom. The lowest BCUT2D eigenvalue weighted by atomic mass is 10.1. The number of hydrogen-bond acceptors (Lipinski definition) is 5. The summed E-state index contributed by atoms with van der Waals surface area (Å²) in [5.74, 6) is -0.601. The SMILES string of the molecule is CC(=O)O[C@H](c1ccccc1Cl)[C@@H](Sc1ccccc1)[N+](=O)[O-]. The summed E-state index contributed by atoms with van der Waals surface area (Å²) in [6.45, 7) is 1.22. The first-order valence-corrected chi connectivity index (χ1v) is 8.01. The Balaban J connectivity index is 2.39. The van der Waals surface area contributed by atoms with E-state index in [2.05, 4.69) is 0 Å². The number of halogens is 1. The van der Waals surface area contributed by atoms with Crippen molar-refractivity contribution in [3.8, 4) is 0 Å². The number of ether oxygens (including phenoxy) is 1. The van der Waals surface area contributed by atoms with Crippen LogP contribution in [0.5, 0.6) is 0 Å². The van der Waals surface area contributed by atoms with Gasteiger partial charge in [0.05, 0.1) is 0 Å². The van der Waals surface area contributed by atoms with Crippen LogP contribution in [0.4, 0.5) is 0 Å². The summed E-state index contributed by atoms with van der Waals surface area (Å²) in [7, 11) is 0. The van der Waals surface area contributed by atoms with Gasteiger partial charge in [0.15, 0.2) is 0 Å². The highest BCUT2D eigenvalue weighted by Crippen LogP contribution is 2.37. The molecule has 0 heterocycles. The van der Waals surface area contributed by atoms with Crippen LogP contribution in [0.25, 0.3) is 0 Å². The van der Waals surface area contributed by atoms with E-state index in [4.69, 9.17) is 16.3 Å². The van der Waals surface area contributed by atoms with Crippen molar-refractivity contribution in [3.05, 3.63) is 75.3 Å². The predicted octanol–water partition coefficient (Wildman–Crippen LogP) is 4.34. The number of rotatable bonds is 6. The van der Waals surface area contributed by atoms with Crippen molar-refractivity contribution in [2.75, 3.05) is 0 Å². The van der Waals surface area contributed by atoms with E-state index >= 15 is 0 Å². The molecule has 5 nitrogen and oxygen atoms in total. The highest BCUT2D eigenvalue weighted by atomic mass is 35.5. The molecule has 0 aromatic heterocycles. The van der Waals surface area contributed by atoms with E-state index in [0.29, 0.717) is 15.5 Å². The number of carbonyl (C=O) groups excluding carboxylic acids is 1. The monoisotopic (exact) mass is 351 g/mol. The van der Waals surface area contributed by atoms with Crippen molar-refractivity contribution in [2.45, 2.75) is 23.3 Å². The second-order valence-electron chi connectivity index (χ2n) is 4.66. The normalized spacial score (nSPS) is 13.1. The van der Waals surface area contributed by atoms with Gasteiger partial charge in [-0.2, -0.15) is 0 Å². The quantitative estimate of drug-likeness (QED) is 0.254. The molecule has 0 saturated carbocycles. The van der Waals surface area contributed by atoms with E-state index in [-0.39, 0.29) is 0 Å². The molecule has 120 valence electrons. The van der Waals surface area contributed by atoms with Gasteiger partial charge in [-0.15, -0.1) is 0 Å². The second-order valence-corrected chi connectivity index (χ2v) is 6.26. The minimum Gasteiger partial charge on any atom is -0.449 e. The van der Waals surface area contributed by atoms with E-state index in [0.717, 1.165) is 11.8 Å². The van der Waals surface area contributed by atoms with Gasteiger partial charge in [-0.3, -0.25) is 14.9 Å². The number of esters is 1. The summed E-state index contributed by atoms with van der Waals surface area (Å²) in [5, 5.41) is 10.7. The molecule has 0 bridgehead atoms. The van der Waals surface area contributed by atoms with Gasteiger partial charge in [-0.25, -0.2) is 0 Å². The number of nitro groups is 1. The number of carbonyl (C=O) groups is 1. The van der Waals surface area contributed by atoms with Gasteiger partial charge in [-0.05, 0) is 30.0 Å². The third kappa shape index (κ3) is 4.71. The molecule has 2 aromatic carbocycles. The lowest BCUT2D eigenvalue weighted by Gasteiger charge is -2.21. The molecule has 23 heavy (non-hydrogen) atoms. The number of thioether (sulfide) groups is 1. The van der Waals surface area contributed by atoms with Crippen molar-refractivity contribution in [2.24, 2.45) is 0 Å². The average Bonchev–Trinajstić information content (AvgIpc) is 2.52. The Labute approximate surface area is 142 Å². The molecule has 0 aliphatic rings. The van der Waals surface area contributed by atoms with Crippen LogP contribution in [-0.4, -0.2) is 16.3 Å². The first-order valence-electron chi connectivity index (χ1n) is 6.76. The summed E-state index contributed by atoms with van der Waals surface area (Å²) in [4.78, 5) is 23.2. The van der Waals surface area contributed by atoms with Crippen LogP contribution < -0.4 is 0 Å². The summed E-state index contributed by atoms with van der Waals surface area (Å²) in [6.07, 6.45) is -1.08. The van der Waals surface area contributed by atoms with Crippen LogP contribution in [0.1, 0.15) is 18.6 Å². The van der Waals surface area contributed by atoms with Crippen molar-refractivity contribution < 1.29 is 14.5 Å². The van der Waals surface area contributed by atoms with Crippen molar-refractivity contribution in [1.29, 1.82) is 0 Å². The van der Waals surface area contributed by atoms with Crippen molar-refractivity contribution in [1.82, 2.24) is 0 Å². The minimum atomic E-state index is -1.21. The zero-order valence-corrected chi connectivity index (χ0v) is 13.8. The minimum absolute atomic E-state index is 0.319. The Bertz CT molecular complexity index is 695. The molecule has 0 fully saturated rings. The predicted molar refractivity (Wildman–Crippen MR) is 89.0 cm³/mol. The molecule has 0 unspecified atom stereocenters. The number of nitrogens with zero attached hydrogens (tertiary/aromatic N) is 1. The fourth-order valence-corrected chi connectivity index (χ4v) is 3.26. The van der Waals surface area contributed by atoms with Crippen LogP contribution in [-0.2, 0) is 9.53 Å². The van der Waals surface area contributed by atoms with E-state index in [1.807, 2.05) is 6.07 Å². The molecule has 2 atom stereocenters. The topological polar surface area (TPSA) is 69.4 Å². The van der Waals surface area contributed by atoms with E-state index in [1.54, 1.807) is 48.5 Å². The molecule has 0 amide bonds. The lowest BCUT2D eigenvalue weighted by molar-refractivity contribution is -0.507. The zero-order chi connectivity index (χ0) is 16.8. The summed E-state index contributed by atoms with van der Waals surface area (Å²) in [6, 6.07) is 15.6. The molecule has 0 aliphatic heterocycles. The van der Waals surface area contributed by atoms with Crippen LogP contribution in [0.3, 0.4) is 0 Å². The van der Waals surface area contributed by atoms with Gasteiger partial charge in [0.25, 0.3) is 0 Å².